The molecule has 3 nitrogen and oxygen atoms in total. The summed E-state index contributed by atoms with van der Waals surface area (Å²) >= 11 is 1.80. The topological polar surface area (TPSA) is 37.8 Å². The average Bonchev–Trinajstić information content (AvgIpc) is 2.96. The number of nitrogens with zero attached hydrogens (tertiary/aromatic N) is 2. The quantitative estimate of drug-likeness (QED) is 0.876. The summed E-state index contributed by atoms with van der Waals surface area (Å²) in [6.45, 7) is 9.83. The van der Waals surface area contributed by atoms with E-state index in [4.69, 9.17) is 0 Å². The Balaban J connectivity index is 1.81. The van der Waals surface area contributed by atoms with Crippen LogP contribution in [-0.2, 0) is 6.42 Å². The number of aromatic nitrogens is 2. The Morgan fingerprint density at radius 2 is 2.06 bits per heavy atom. The summed E-state index contributed by atoms with van der Waals surface area (Å²) in [5.74, 6) is 1.50. The molecule has 17 heavy (non-hydrogen) atoms. The number of nitrogens with one attached hydrogen (secondary N) is 1. The van der Waals surface area contributed by atoms with Crippen molar-refractivity contribution in [3.63, 3.8) is 0 Å². The van der Waals surface area contributed by atoms with E-state index < -0.39 is 0 Å². The number of hydrogen-bond donors (Lipinski definition) is 1. The van der Waals surface area contributed by atoms with E-state index in [1.165, 1.54) is 22.9 Å². The summed E-state index contributed by atoms with van der Waals surface area (Å²) < 4.78 is 0. The molecule has 96 valence electrons. The Kier molecular flexibility index (Phi) is 3.83. The van der Waals surface area contributed by atoms with Crippen molar-refractivity contribution in [2.75, 3.05) is 6.54 Å². The van der Waals surface area contributed by atoms with Crippen LogP contribution in [0.5, 0.6) is 0 Å². The first-order valence-electron chi connectivity index (χ1n) is 6.53. The fourth-order valence-corrected chi connectivity index (χ4v) is 2.88. The van der Waals surface area contributed by atoms with Crippen LogP contribution in [0, 0.1) is 5.92 Å². The van der Waals surface area contributed by atoms with E-state index in [0.29, 0.717) is 5.92 Å². The smallest absolute Gasteiger partial charge is 0.120 e. The van der Waals surface area contributed by atoms with Gasteiger partial charge in [-0.3, -0.25) is 0 Å². The van der Waals surface area contributed by atoms with Crippen molar-refractivity contribution in [1.29, 1.82) is 0 Å². The lowest BCUT2D eigenvalue weighted by Crippen LogP contribution is -2.37. The first-order valence-corrected chi connectivity index (χ1v) is 7.34. The molecular weight excluding hydrogens is 230 g/mol. The molecule has 1 aliphatic carbocycles. The minimum Gasteiger partial charge on any atom is -0.312 e. The van der Waals surface area contributed by atoms with E-state index in [2.05, 4.69) is 43.2 Å². The fourth-order valence-electron chi connectivity index (χ4n) is 1.89. The second-order valence-electron chi connectivity index (χ2n) is 6.09. The largest absolute Gasteiger partial charge is 0.312 e. The van der Waals surface area contributed by atoms with Crippen molar-refractivity contribution in [1.82, 2.24) is 15.5 Å². The number of hydrogen-bond acceptors (Lipinski definition) is 4. The van der Waals surface area contributed by atoms with Crippen LogP contribution in [0.3, 0.4) is 0 Å². The SMILES string of the molecule is CC(c1nnc(CCNC(C)(C)C)s1)C1CC1. The maximum atomic E-state index is 4.33. The summed E-state index contributed by atoms with van der Waals surface area (Å²) in [6, 6.07) is 0. The van der Waals surface area contributed by atoms with Crippen molar-refractivity contribution in [2.45, 2.75) is 58.4 Å². The molecule has 1 saturated carbocycles. The molecule has 0 amide bonds. The summed E-state index contributed by atoms with van der Waals surface area (Å²) in [5, 5.41) is 14.5. The van der Waals surface area contributed by atoms with Gasteiger partial charge in [-0.05, 0) is 39.5 Å². The van der Waals surface area contributed by atoms with Crippen molar-refractivity contribution in [3.05, 3.63) is 10.0 Å². The predicted octanol–water partition coefficient (Wildman–Crippen LogP) is 2.98. The van der Waals surface area contributed by atoms with Gasteiger partial charge in [0.15, 0.2) is 0 Å². The van der Waals surface area contributed by atoms with Crippen LogP contribution < -0.4 is 5.32 Å². The Bertz CT molecular complexity index is 363. The molecule has 0 aliphatic heterocycles. The van der Waals surface area contributed by atoms with E-state index >= 15 is 0 Å². The Morgan fingerprint density at radius 3 is 2.65 bits per heavy atom. The van der Waals surface area contributed by atoms with Gasteiger partial charge in [0.05, 0.1) is 0 Å². The van der Waals surface area contributed by atoms with E-state index in [1.54, 1.807) is 11.3 Å². The Hall–Kier alpha value is -0.480. The average molecular weight is 253 g/mol. The van der Waals surface area contributed by atoms with Gasteiger partial charge < -0.3 is 5.32 Å². The minimum absolute atomic E-state index is 0.189. The molecule has 1 N–H and O–H groups in total. The molecule has 0 spiro atoms. The summed E-state index contributed by atoms with van der Waals surface area (Å²) in [6.07, 6.45) is 3.75. The lowest BCUT2D eigenvalue weighted by atomic mass is 10.1. The molecule has 1 aromatic rings. The molecule has 0 radical (unpaired) electrons. The standard InChI is InChI=1S/C13H23N3S/c1-9(10-5-6-10)12-16-15-11(17-12)7-8-14-13(2,3)4/h9-10,14H,5-8H2,1-4H3. The van der Waals surface area contributed by atoms with Crippen molar-refractivity contribution in [2.24, 2.45) is 5.92 Å². The van der Waals surface area contributed by atoms with Crippen molar-refractivity contribution in [3.8, 4) is 0 Å². The summed E-state index contributed by atoms with van der Waals surface area (Å²) in [4.78, 5) is 0. The van der Waals surface area contributed by atoms with Gasteiger partial charge in [-0.25, -0.2) is 0 Å². The summed E-state index contributed by atoms with van der Waals surface area (Å²) in [5.41, 5.74) is 0.189. The van der Waals surface area contributed by atoms with Gasteiger partial charge in [0.2, 0.25) is 0 Å². The van der Waals surface area contributed by atoms with E-state index in [0.717, 1.165) is 18.9 Å². The molecular formula is C13H23N3S. The van der Waals surface area contributed by atoms with Crippen molar-refractivity contribution >= 4 is 11.3 Å². The molecule has 1 aliphatic rings. The lowest BCUT2D eigenvalue weighted by Gasteiger charge is -2.19. The molecule has 1 fully saturated rings. The third-order valence-corrected chi connectivity index (χ3v) is 4.38. The maximum absolute atomic E-state index is 4.33. The fraction of sp³-hybridized carbons (Fsp3) is 0.846. The predicted molar refractivity (Wildman–Crippen MR) is 72.5 cm³/mol. The first-order chi connectivity index (χ1) is 7.96. The van der Waals surface area contributed by atoms with Crippen LogP contribution >= 0.6 is 11.3 Å². The van der Waals surface area contributed by atoms with Crippen LogP contribution in [0.1, 0.15) is 56.5 Å². The molecule has 1 unspecified atom stereocenters. The molecule has 4 heteroatoms. The zero-order valence-electron chi connectivity index (χ0n) is 11.3. The second-order valence-corrected chi connectivity index (χ2v) is 7.18. The molecule has 1 heterocycles. The van der Waals surface area contributed by atoms with Gasteiger partial charge >= 0.3 is 0 Å². The van der Waals surface area contributed by atoms with Gasteiger partial charge in [0.25, 0.3) is 0 Å². The molecule has 1 atom stereocenters. The highest BCUT2D eigenvalue weighted by Gasteiger charge is 2.31. The van der Waals surface area contributed by atoms with Crippen LogP contribution in [0.2, 0.25) is 0 Å². The highest BCUT2D eigenvalue weighted by atomic mass is 32.1. The maximum Gasteiger partial charge on any atom is 0.120 e. The van der Waals surface area contributed by atoms with Gasteiger partial charge in [-0.1, -0.05) is 6.92 Å². The van der Waals surface area contributed by atoms with E-state index in [-0.39, 0.29) is 5.54 Å². The molecule has 0 aromatic carbocycles. The van der Waals surface area contributed by atoms with Gasteiger partial charge in [0, 0.05) is 24.4 Å². The second kappa shape index (κ2) is 5.02. The third-order valence-electron chi connectivity index (χ3n) is 3.20. The van der Waals surface area contributed by atoms with Crippen molar-refractivity contribution < 1.29 is 0 Å². The van der Waals surface area contributed by atoms with Gasteiger partial charge in [0.1, 0.15) is 10.0 Å². The lowest BCUT2D eigenvalue weighted by molar-refractivity contribution is 0.429. The van der Waals surface area contributed by atoms with E-state index in [9.17, 15) is 0 Å². The van der Waals surface area contributed by atoms with Crippen LogP contribution in [0.4, 0.5) is 0 Å². The normalized spacial score (nSPS) is 18.4. The molecule has 2 rings (SSSR count). The third kappa shape index (κ3) is 4.03. The van der Waals surface area contributed by atoms with Crippen LogP contribution in [-0.4, -0.2) is 22.3 Å². The van der Waals surface area contributed by atoms with Gasteiger partial charge in [-0.15, -0.1) is 21.5 Å². The first kappa shape index (κ1) is 13.0. The highest BCUT2D eigenvalue weighted by molar-refractivity contribution is 7.11. The molecule has 1 aromatic heterocycles. The minimum atomic E-state index is 0.189. The zero-order valence-corrected chi connectivity index (χ0v) is 12.1. The van der Waals surface area contributed by atoms with Crippen LogP contribution in [0.15, 0.2) is 0 Å². The molecule has 0 bridgehead atoms. The molecule has 0 saturated heterocycles. The zero-order chi connectivity index (χ0) is 12.5. The highest BCUT2D eigenvalue weighted by Crippen LogP contribution is 2.42. The number of rotatable bonds is 5. The van der Waals surface area contributed by atoms with E-state index in [1.807, 2.05) is 0 Å². The Labute approximate surface area is 108 Å². The van der Waals surface area contributed by atoms with Gasteiger partial charge in [-0.2, -0.15) is 0 Å². The monoisotopic (exact) mass is 253 g/mol. The summed E-state index contributed by atoms with van der Waals surface area (Å²) in [7, 11) is 0. The Morgan fingerprint density at radius 1 is 1.35 bits per heavy atom. The van der Waals surface area contributed by atoms with Crippen LogP contribution in [0.25, 0.3) is 0 Å².